The number of ether oxygens (including phenoxy) is 1. The fraction of sp³-hybridized carbons (Fsp3) is 0.417. The van der Waals surface area contributed by atoms with E-state index in [9.17, 15) is 17.6 Å². The summed E-state index contributed by atoms with van der Waals surface area (Å²) in [6.45, 7) is 0.154. The Morgan fingerprint density at radius 1 is 1.30 bits per heavy atom. The number of amidine groups is 1. The van der Waals surface area contributed by atoms with E-state index >= 15 is 0 Å². The maximum atomic E-state index is 13.0. The van der Waals surface area contributed by atoms with Gasteiger partial charge in [-0.1, -0.05) is 5.16 Å². The van der Waals surface area contributed by atoms with Crippen LogP contribution in [0.3, 0.4) is 0 Å². The van der Waals surface area contributed by atoms with Crippen molar-refractivity contribution in [3.63, 3.8) is 0 Å². The third-order valence-electron chi connectivity index (χ3n) is 2.47. The Labute approximate surface area is 112 Å². The van der Waals surface area contributed by atoms with E-state index in [1.54, 1.807) is 0 Å². The lowest BCUT2D eigenvalue weighted by Gasteiger charge is -2.11. The van der Waals surface area contributed by atoms with Crippen molar-refractivity contribution in [1.82, 2.24) is 0 Å². The van der Waals surface area contributed by atoms with Crippen molar-refractivity contribution in [2.24, 2.45) is 10.9 Å². The van der Waals surface area contributed by atoms with Crippen molar-refractivity contribution in [1.29, 1.82) is 0 Å². The number of unbranched alkanes of at least 4 members (excludes halogenated alkanes) is 1. The van der Waals surface area contributed by atoms with E-state index in [1.807, 2.05) is 0 Å². The second-order valence-electron chi connectivity index (χ2n) is 4.04. The summed E-state index contributed by atoms with van der Waals surface area (Å²) in [5, 5.41) is 11.1. The predicted molar refractivity (Wildman–Crippen MR) is 64.2 cm³/mol. The quantitative estimate of drug-likeness (QED) is 0.211. The second kappa shape index (κ2) is 6.97. The summed E-state index contributed by atoms with van der Waals surface area (Å²) >= 11 is 0. The number of hydrogen-bond donors (Lipinski definition) is 2. The molecule has 0 saturated carbocycles. The van der Waals surface area contributed by atoms with Gasteiger partial charge < -0.3 is 15.7 Å². The predicted octanol–water partition coefficient (Wildman–Crippen LogP) is 3.14. The molecule has 8 heteroatoms. The first-order valence-electron chi connectivity index (χ1n) is 5.80. The molecule has 0 saturated heterocycles. The fourth-order valence-corrected chi connectivity index (χ4v) is 1.46. The van der Waals surface area contributed by atoms with Crippen molar-refractivity contribution >= 4 is 5.84 Å². The molecule has 112 valence electrons. The molecule has 0 bridgehead atoms. The zero-order valence-corrected chi connectivity index (χ0v) is 10.5. The highest BCUT2D eigenvalue weighted by Gasteiger charge is 2.34. The average Bonchev–Trinajstić information content (AvgIpc) is 2.38. The highest BCUT2D eigenvalue weighted by molar-refractivity contribution is 5.79. The highest BCUT2D eigenvalue weighted by Crippen LogP contribution is 2.33. The van der Waals surface area contributed by atoms with Crippen molar-refractivity contribution in [2.45, 2.75) is 25.4 Å². The molecule has 0 unspecified atom stereocenters. The van der Waals surface area contributed by atoms with Gasteiger partial charge in [0.2, 0.25) is 0 Å². The molecule has 1 aromatic rings. The molecule has 0 aliphatic heterocycles. The second-order valence-corrected chi connectivity index (χ2v) is 4.04. The number of rotatable bonds is 6. The molecule has 0 radical (unpaired) electrons. The zero-order chi connectivity index (χ0) is 15.2. The van der Waals surface area contributed by atoms with Crippen LogP contribution in [0, 0.1) is 5.82 Å². The SMILES string of the molecule is N/C(CCCCOc1ccc(F)c(C(F)(F)F)c1)=N/O. The Kier molecular flexibility index (Phi) is 5.60. The number of alkyl halides is 3. The van der Waals surface area contributed by atoms with Gasteiger partial charge in [0.25, 0.3) is 0 Å². The number of nitrogens with two attached hydrogens (primary N) is 1. The van der Waals surface area contributed by atoms with Gasteiger partial charge in [-0.2, -0.15) is 13.2 Å². The van der Waals surface area contributed by atoms with Crippen LogP contribution in [0.1, 0.15) is 24.8 Å². The fourth-order valence-electron chi connectivity index (χ4n) is 1.46. The molecule has 0 aliphatic carbocycles. The smallest absolute Gasteiger partial charge is 0.419 e. The Hall–Kier alpha value is -1.99. The number of benzene rings is 1. The molecule has 20 heavy (non-hydrogen) atoms. The first-order valence-corrected chi connectivity index (χ1v) is 5.80. The van der Waals surface area contributed by atoms with Gasteiger partial charge in [-0.05, 0) is 31.0 Å². The summed E-state index contributed by atoms with van der Waals surface area (Å²) in [5.41, 5.74) is 3.89. The van der Waals surface area contributed by atoms with E-state index in [0.29, 0.717) is 31.4 Å². The van der Waals surface area contributed by atoms with E-state index < -0.39 is 17.6 Å². The molecule has 0 aromatic heterocycles. The minimum Gasteiger partial charge on any atom is -0.494 e. The number of oxime groups is 1. The summed E-state index contributed by atoms with van der Waals surface area (Å²) in [6.07, 6.45) is -3.33. The first-order chi connectivity index (χ1) is 9.34. The highest BCUT2D eigenvalue weighted by atomic mass is 19.4. The van der Waals surface area contributed by atoms with Crippen LogP contribution in [-0.2, 0) is 6.18 Å². The van der Waals surface area contributed by atoms with E-state index in [0.717, 1.165) is 6.07 Å². The molecule has 0 amide bonds. The molecule has 1 rings (SSSR count). The van der Waals surface area contributed by atoms with E-state index in [-0.39, 0.29) is 18.2 Å². The molecule has 0 fully saturated rings. The Bertz CT molecular complexity index is 475. The minimum absolute atomic E-state index is 0.0532. The molecular weight excluding hydrogens is 280 g/mol. The third-order valence-corrected chi connectivity index (χ3v) is 2.47. The Balaban J connectivity index is 2.49. The van der Waals surface area contributed by atoms with Crippen molar-refractivity contribution in [3.05, 3.63) is 29.6 Å². The summed E-state index contributed by atoms with van der Waals surface area (Å²) < 4.78 is 55.5. The molecule has 4 nitrogen and oxygen atoms in total. The van der Waals surface area contributed by atoms with Gasteiger partial charge in [0.1, 0.15) is 17.4 Å². The standard InChI is InChI=1S/C12H14F4N2O2/c13-10-5-4-8(7-9(10)12(14,15)16)20-6-2-1-3-11(17)18-19/h4-5,7,19H,1-3,6H2,(H2,17,18). The van der Waals surface area contributed by atoms with E-state index in [2.05, 4.69) is 5.16 Å². The Morgan fingerprint density at radius 3 is 2.60 bits per heavy atom. The van der Waals surface area contributed by atoms with Gasteiger partial charge in [-0.3, -0.25) is 0 Å². The number of hydrogen-bond acceptors (Lipinski definition) is 3. The van der Waals surface area contributed by atoms with Gasteiger partial charge in [0.15, 0.2) is 0 Å². The molecule has 0 atom stereocenters. The summed E-state index contributed by atoms with van der Waals surface area (Å²) in [4.78, 5) is 0. The van der Waals surface area contributed by atoms with Crippen LogP contribution in [0.5, 0.6) is 5.75 Å². The van der Waals surface area contributed by atoms with Crippen molar-refractivity contribution in [3.8, 4) is 5.75 Å². The van der Waals surface area contributed by atoms with Gasteiger partial charge in [0, 0.05) is 6.42 Å². The van der Waals surface area contributed by atoms with Gasteiger partial charge >= 0.3 is 6.18 Å². The summed E-state index contributed by atoms with van der Waals surface area (Å²) in [5.74, 6) is -1.31. The maximum absolute atomic E-state index is 13.0. The van der Waals surface area contributed by atoms with Crippen LogP contribution in [-0.4, -0.2) is 17.6 Å². The Morgan fingerprint density at radius 2 is 2.00 bits per heavy atom. The maximum Gasteiger partial charge on any atom is 0.419 e. The van der Waals surface area contributed by atoms with Crippen LogP contribution >= 0.6 is 0 Å². The normalized spacial score (nSPS) is 12.5. The van der Waals surface area contributed by atoms with Crippen molar-refractivity contribution < 1.29 is 27.5 Å². The molecule has 3 N–H and O–H groups in total. The van der Waals surface area contributed by atoms with Crippen LogP contribution in [0.2, 0.25) is 0 Å². The molecule has 0 heterocycles. The molecule has 0 spiro atoms. The third kappa shape index (κ3) is 4.94. The average molecular weight is 294 g/mol. The minimum atomic E-state index is -4.75. The lowest BCUT2D eigenvalue weighted by Crippen LogP contribution is -2.11. The molecular formula is C12H14F4N2O2. The summed E-state index contributed by atoms with van der Waals surface area (Å²) in [7, 11) is 0. The zero-order valence-electron chi connectivity index (χ0n) is 10.5. The monoisotopic (exact) mass is 294 g/mol. The van der Waals surface area contributed by atoms with Crippen LogP contribution in [0.15, 0.2) is 23.4 Å². The molecule has 0 aliphatic rings. The van der Waals surface area contributed by atoms with E-state index in [1.165, 1.54) is 0 Å². The largest absolute Gasteiger partial charge is 0.494 e. The van der Waals surface area contributed by atoms with Crippen LogP contribution in [0.4, 0.5) is 17.6 Å². The lowest BCUT2D eigenvalue weighted by molar-refractivity contribution is -0.140. The topological polar surface area (TPSA) is 67.8 Å². The number of halogens is 4. The van der Waals surface area contributed by atoms with Gasteiger partial charge in [-0.15, -0.1) is 0 Å². The van der Waals surface area contributed by atoms with Crippen LogP contribution in [0.25, 0.3) is 0 Å². The van der Waals surface area contributed by atoms with Gasteiger partial charge in [-0.25, -0.2) is 4.39 Å². The van der Waals surface area contributed by atoms with Crippen LogP contribution < -0.4 is 10.5 Å². The van der Waals surface area contributed by atoms with Crippen molar-refractivity contribution in [2.75, 3.05) is 6.61 Å². The first kappa shape index (κ1) is 16.1. The van der Waals surface area contributed by atoms with E-state index in [4.69, 9.17) is 15.7 Å². The number of nitrogens with zero attached hydrogens (tertiary/aromatic N) is 1. The lowest BCUT2D eigenvalue weighted by atomic mass is 10.2. The van der Waals surface area contributed by atoms with Gasteiger partial charge in [0.05, 0.1) is 12.2 Å². The summed E-state index contributed by atoms with van der Waals surface area (Å²) in [6, 6.07) is 2.47. The molecule has 1 aromatic carbocycles.